The van der Waals surface area contributed by atoms with Crippen LogP contribution in [0.3, 0.4) is 0 Å². The van der Waals surface area contributed by atoms with Crippen molar-refractivity contribution < 1.29 is 22.1 Å². The molecule has 0 amide bonds. The molecule has 0 unspecified atom stereocenters. The number of fused-ring (bicyclic) bond motifs is 1. The van der Waals surface area contributed by atoms with E-state index in [0.29, 0.717) is 5.56 Å². The summed E-state index contributed by atoms with van der Waals surface area (Å²) in [5.41, 5.74) is 4.76. The Hall–Kier alpha value is -7.02. The van der Waals surface area contributed by atoms with Crippen molar-refractivity contribution in [3.63, 3.8) is 0 Å². The fourth-order valence-electron chi connectivity index (χ4n) is 7.23. The zero-order valence-electron chi connectivity index (χ0n) is 30.5. The Labute approximate surface area is 331 Å². The summed E-state index contributed by atoms with van der Waals surface area (Å²) in [6.45, 7) is 0. The minimum absolute atomic E-state index is 0.0299. The molecule has 0 saturated heterocycles. The molecule has 8 aromatic carbocycles. The van der Waals surface area contributed by atoms with Crippen LogP contribution < -0.4 is 15.9 Å². The highest BCUT2D eigenvalue weighted by Crippen LogP contribution is 2.44. The van der Waals surface area contributed by atoms with Crippen LogP contribution in [0.15, 0.2) is 182 Å². The molecule has 0 saturated carbocycles. The van der Waals surface area contributed by atoms with Gasteiger partial charge in [0.15, 0.2) is 47.9 Å². The van der Waals surface area contributed by atoms with Crippen molar-refractivity contribution in [2.45, 2.75) is 0 Å². The Morgan fingerprint density at radius 1 is 0.328 bits per heavy atom. The number of rotatable bonds is 8. The Kier molecular flexibility index (Phi) is 9.56. The summed E-state index contributed by atoms with van der Waals surface area (Å²) in [5, 5.41) is 4.29. The molecule has 9 heteroatoms. The minimum atomic E-state index is -3.20. The van der Waals surface area contributed by atoms with Gasteiger partial charge in [0.2, 0.25) is 0 Å². The number of benzene rings is 8. The normalized spacial score (nSPS) is 11.5. The number of aromatic nitrogens is 3. The van der Waals surface area contributed by atoms with Crippen molar-refractivity contribution in [2.24, 2.45) is 0 Å². The van der Waals surface area contributed by atoms with Gasteiger partial charge in [0.25, 0.3) is 0 Å². The zero-order valence-corrected chi connectivity index (χ0v) is 31.4. The van der Waals surface area contributed by atoms with Crippen molar-refractivity contribution in [2.75, 3.05) is 0 Å². The molecule has 9 rings (SSSR count). The second-order valence-corrected chi connectivity index (χ2v) is 16.4. The summed E-state index contributed by atoms with van der Waals surface area (Å²) >= 11 is 0. The lowest BCUT2D eigenvalue weighted by atomic mass is 9.92. The monoisotopic (exact) mass is 783 g/mol. The molecule has 0 aliphatic carbocycles. The largest absolute Gasteiger partial charge is 0.309 e. The van der Waals surface area contributed by atoms with Gasteiger partial charge in [0.1, 0.15) is 0 Å². The molecule has 0 atom stereocenters. The summed E-state index contributed by atoms with van der Waals surface area (Å²) in [6, 6.07) is 53.6. The molecule has 0 N–H and O–H groups in total. The number of hydrogen-bond donors (Lipinski definition) is 0. The van der Waals surface area contributed by atoms with Crippen LogP contribution >= 0.6 is 7.14 Å². The fraction of sp³-hybridized carbons (Fsp3) is 0. The van der Waals surface area contributed by atoms with Gasteiger partial charge in [-0.3, -0.25) is 0 Å². The summed E-state index contributed by atoms with van der Waals surface area (Å²) in [4.78, 5) is 13.5. The van der Waals surface area contributed by atoms with E-state index in [9.17, 15) is 17.6 Å². The average molecular weight is 784 g/mol. The first-order valence-electron chi connectivity index (χ1n) is 18.4. The molecular weight excluding hydrogens is 754 g/mol. The van der Waals surface area contributed by atoms with Gasteiger partial charge in [-0.25, -0.2) is 32.5 Å². The van der Waals surface area contributed by atoms with Crippen molar-refractivity contribution in [1.29, 1.82) is 0 Å². The molecule has 0 radical (unpaired) electrons. The summed E-state index contributed by atoms with van der Waals surface area (Å²) in [7, 11) is -3.20. The highest BCUT2D eigenvalue weighted by Gasteiger charge is 2.30. The lowest BCUT2D eigenvalue weighted by Gasteiger charge is -2.21. The van der Waals surface area contributed by atoms with Crippen LogP contribution in [0.2, 0.25) is 0 Å². The van der Waals surface area contributed by atoms with Crippen LogP contribution in [0.25, 0.3) is 67.2 Å². The number of halogens is 4. The summed E-state index contributed by atoms with van der Waals surface area (Å²) in [5.74, 6) is -3.96. The first-order valence-corrected chi connectivity index (χ1v) is 20.1. The van der Waals surface area contributed by atoms with E-state index in [1.165, 1.54) is 12.1 Å². The predicted octanol–water partition coefficient (Wildman–Crippen LogP) is 11.6. The maximum absolute atomic E-state index is 15.2. The van der Waals surface area contributed by atoms with E-state index < -0.39 is 30.4 Å². The van der Waals surface area contributed by atoms with Crippen LogP contribution in [0.4, 0.5) is 17.6 Å². The van der Waals surface area contributed by atoms with E-state index in [0.717, 1.165) is 73.2 Å². The standard InChI is InChI=1S/C49H30F4N3OP/c50-43-26-22-34(29-45(43)52)48-54-47(55-49(56-48)35-23-27-44(51)46(53)30-35)32-20-18-31(19-21-32)39-24-25-40(42-17-8-7-16-41(39)42)33-10-9-15-38(28-33)58(57,36-11-3-1-4-12-36)37-13-5-2-6-14-37/h1-30H. The Morgan fingerprint density at radius 3 is 1.24 bits per heavy atom. The fourth-order valence-corrected chi connectivity index (χ4v) is 9.92. The van der Waals surface area contributed by atoms with E-state index in [1.807, 2.05) is 121 Å². The third-order valence-corrected chi connectivity index (χ3v) is 13.2. The van der Waals surface area contributed by atoms with E-state index in [-0.39, 0.29) is 28.6 Å². The van der Waals surface area contributed by atoms with E-state index >= 15 is 4.57 Å². The molecule has 0 spiro atoms. The van der Waals surface area contributed by atoms with Crippen molar-refractivity contribution in [3.05, 3.63) is 205 Å². The van der Waals surface area contributed by atoms with Gasteiger partial charge in [-0.1, -0.05) is 140 Å². The van der Waals surface area contributed by atoms with Gasteiger partial charge in [0.05, 0.1) is 0 Å². The SMILES string of the molecule is O=P(c1ccccc1)(c1ccccc1)c1cccc(-c2ccc(-c3ccc(-c4nc(-c5ccc(F)c(F)c5)nc(-c5ccc(F)c(F)c5)n4)cc3)c3ccccc23)c1. The Bertz CT molecular complexity index is 2920. The van der Waals surface area contributed by atoms with Crippen LogP contribution in [0, 0.1) is 23.3 Å². The third kappa shape index (κ3) is 6.78. The number of nitrogens with zero attached hydrogens (tertiary/aromatic N) is 3. The van der Waals surface area contributed by atoms with Gasteiger partial charge < -0.3 is 4.57 Å². The third-order valence-electron chi connectivity index (χ3n) is 10.1. The predicted molar refractivity (Wildman–Crippen MR) is 224 cm³/mol. The second-order valence-electron chi connectivity index (χ2n) is 13.7. The molecule has 9 aromatic rings. The first kappa shape index (κ1) is 36.6. The van der Waals surface area contributed by atoms with E-state index in [4.69, 9.17) is 0 Å². The van der Waals surface area contributed by atoms with Crippen LogP contribution in [-0.2, 0) is 4.57 Å². The minimum Gasteiger partial charge on any atom is -0.309 e. The van der Waals surface area contributed by atoms with Crippen molar-refractivity contribution >= 4 is 33.8 Å². The molecule has 0 aliphatic heterocycles. The quantitative estimate of drug-likeness (QED) is 0.114. The lowest BCUT2D eigenvalue weighted by Crippen LogP contribution is -2.25. The van der Waals surface area contributed by atoms with Crippen molar-refractivity contribution in [1.82, 2.24) is 15.0 Å². The van der Waals surface area contributed by atoms with E-state index in [2.05, 4.69) is 39.2 Å². The summed E-state index contributed by atoms with van der Waals surface area (Å²) < 4.78 is 71.4. The van der Waals surface area contributed by atoms with Gasteiger partial charge in [-0.2, -0.15) is 0 Å². The summed E-state index contributed by atoms with van der Waals surface area (Å²) in [6.07, 6.45) is 0. The van der Waals surface area contributed by atoms with Gasteiger partial charge in [-0.15, -0.1) is 0 Å². The molecule has 0 aliphatic rings. The molecule has 0 fully saturated rings. The van der Waals surface area contributed by atoms with E-state index in [1.54, 1.807) is 0 Å². The Balaban J connectivity index is 1.11. The molecular formula is C49H30F4N3OP. The van der Waals surface area contributed by atoms with Crippen LogP contribution in [-0.4, -0.2) is 15.0 Å². The van der Waals surface area contributed by atoms with Gasteiger partial charge >= 0.3 is 0 Å². The maximum Gasteiger partial charge on any atom is 0.171 e. The number of hydrogen-bond acceptors (Lipinski definition) is 4. The highest BCUT2D eigenvalue weighted by molar-refractivity contribution is 7.85. The van der Waals surface area contributed by atoms with Crippen LogP contribution in [0.1, 0.15) is 0 Å². The molecule has 280 valence electrons. The van der Waals surface area contributed by atoms with Crippen molar-refractivity contribution in [3.8, 4) is 56.4 Å². The molecule has 1 heterocycles. The smallest absolute Gasteiger partial charge is 0.171 e. The van der Waals surface area contributed by atoms with Gasteiger partial charge in [0, 0.05) is 32.6 Å². The van der Waals surface area contributed by atoms with Crippen LogP contribution in [0.5, 0.6) is 0 Å². The zero-order chi connectivity index (χ0) is 39.8. The topological polar surface area (TPSA) is 55.7 Å². The first-order chi connectivity index (χ1) is 28.3. The highest BCUT2D eigenvalue weighted by atomic mass is 31.2. The Morgan fingerprint density at radius 2 is 0.741 bits per heavy atom. The van der Waals surface area contributed by atoms with Gasteiger partial charge in [-0.05, 0) is 75.5 Å². The average Bonchev–Trinajstić information content (AvgIpc) is 3.28. The maximum atomic E-state index is 15.2. The molecule has 1 aromatic heterocycles. The molecule has 58 heavy (non-hydrogen) atoms. The molecule has 4 nitrogen and oxygen atoms in total. The lowest BCUT2D eigenvalue weighted by molar-refractivity contribution is 0.509. The second kappa shape index (κ2) is 15.1. The molecule has 0 bridgehead atoms.